The molecule has 0 radical (unpaired) electrons. The van der Waals surface area contributed by atoms with Gasteiger partial charge in [0.1, 0.15) is 5.75 Å². The molecule has 1 aromatic carbocycles. The fraction of sp³-hybridized carbons (Fsp3) is 0.182. The molecule has 0 fully saturated rings. The number of phenolic OH excluding ortho intramolecular Hbond substituents is 1. The van der Waals surface area contributed by atoms with Crippen LogP contribution < -0.4 is 0 Å². The van der Waals surface area contributed by atoms with Crippen molar-refractivity contribution in [2.24, 2.45) is 5.11 Å². The SMILES string of the molecule is N#Cc1ccc(O)c(C=CCCN=[N+]=[N-])c1. The molecule has 0 spiro atoms. The van der Waals surface area contributed by atoms with Gasteiger partial charge in [-0.15, -0.1) is 0 Å². The number of hydrogen-bond donors (Lipinski definition) is 1. The summed E-state index contributed by atoms with van der Waals surface area (Å²) >= 11 is 0. The molecule has 5 nitrogen and oxygen atoms in total. The average molecular weight is 214 g/mol. The lowest BCUT2D eigenvalue weighted by molar-refractivity contribution is 0.474. The predicted molar refractivity (Wildman–Crippen MR) is 60.5 cm³/mol. The van der Waals surface area contributed by atoms with E-state index in [1.165, 1.54) is 6.07 Å². The number of azide groups is 1. The maximum Gasteiger partial charge on any atom is 0.122 e. The van der Waals surface area contributed by atoms with Crippen LogP contribution in [0.4, 0.5) is 0 Å². The molecule has 0 aliphatic heterocycles. The minimum absolute atomic E-state index is 0.124. The van der Waals surface area contributed by atoms with Crippen molar-refractivity contribution >= 4 is 6.08 Å². The topological polar surface area (TPSA) is 92.8 Å². The first-order valence-electron chi connectivity index (χ1n) is 4.68. The molecule has 0 heterocycles. The Kier molecular flexibility index (Phi) is 4.45. The third-order valence-corrected chi connectivity index (χ3v) is 1.91. The van der Waals surface area contributed by atoms with Gasteiger partial charge in [-0.3, -0.25) is 0 Å². The zero-order chi connectivity index (χ0) is 11.8. The first-order valence-corrected chi connectivity index (χ1v) is 4.68. The molecule has 0 saturated carbocycles. The summed E-state index contributed by atoms with van der Waals surface area (Å²) in [6.45, 7) is 0.381. The molecule has 0 aromatic heterocycles. The number of aromatic hydroxyl groups is 1. The number of rotatable bonds is 4. The van der Waals surface area contributed by atoms with Crippen LogP contribution in [0.3, 0.4) is 0 Å². The molecule has 0 aliphatic carbocycles. The molecule has 0 saturated heterocycles. The molecule has 5 heteroatoms. The average Bonchev–Trinajstić information content (AvgIpc) is 2.31. The minimum Gasteiger partial charge on any atom is -0.507 e. The van der Waals surface area contributed by atoms with Gasteiger partial charge in [-0.05, 0) is 30.2 Å². The van der Waals surface area contributed by atoms with Crippen molar-refractivity contribution in [2.75, 3.05) is 6.54 Å². The smallest absolute Gasteiger partial charge is 0.122 e. The van der Waals surface area contributed by atoms with Gasteiger partial charge in [0.15, 0.2) is 0 Å². The maximum atomic E-state index is 9.49. The highest BCUT2D eigenvalue weighted by Crippen LogP contribution is 2.19. The van der Waals surface area contributed by atoms with E-state index in [0.717, 1.165) is 0 Å². The third kappa shape index (κ3) is 3.37. The predicted octanol–water partition coefficient (Wildman–Crippen LogP) is 2.98. The first kappa shape index (κ1) is 11.6. The summed E-state index contributed by atoms with van der Waals surface area (Å²) in [5.41, 5.74) is 9.13. The van der Waals surface area contributed by atoms with Crippen LogP contribution in [-0.2, 0) is 0 Å². The molecule has 1 aromatic rings. The van der Waals surface area contributed by atoms with Crippen LogP contribution in [0.15, 0.2) is 29.4 Å². The van der Waals surface area contributed by atoms with E-state index in [9.17, 15) is 5.11 Å². The summed E-state index contributed by atoms with van der Waals surface area (Å²) in [5.74, 6) is 0.124. The van der Waals surface area contributed by atoms with Gasteiger partial charge in [0.2, 0.25) is 0 Å². The second-order valence-electron chi connectivity index (χ2n) is 3.03. The maximum absolute atomic E-state index is 9.49. The van der Waals surface area contributed by atoms with Gasteiger partial charge < -0.3 is 5.11 Å². The van der Waals surface area contributed by atoms with Crippen LogP contribution in [0.2, 0.25) is 0 Å². The van der Waals surface area contributed by atoms with E-state index < -0.39 is 0 Å². The normalized spacial score (nSPS) is 9.69. The third-order valence-electron chi connectivity index (χ3n) is 1.91. The molecule has 1 rings (SSSR count). The van der Waals surface area contributed by atoms with Gasteiger partial charge in [-0.1, -0.05) is 17.3 Å². The van der Waals surface area contributed by atoms with Crippen molar-refractivity contribution in [1.29, 1.82) is 5.26 Å². The zero-order valence-electron chi connectivity index (χ0n) is 8.54. The lowest BCUT2D eigenvalue weighted by atomic mass is 10.1. The molecular weight excluding hydrogens is 204 g/mol. The summed E-state index contributed by atoms with van der Waals surface area (Å²) in [7, 11) is 0. The van der Waals surface area contributed by atoms with Crippen LogP contribution in [0.5, 0.6) is 5.75 Å². The summed E-state index contributed by atoms with van der Waals surface area (Å²) < 4.78 is 0. The Morgan fingerprint density at radius 1 is 1.56 bits per heavy atom. The number of benzene rings is 1. The van der Waals surface area contributed by atoms with E-state index in [1.54, 1.807) is 24.3 Å². The van der Waals surface area contributed by atoms with Crippen LogP contribution in [-0.4, -0.2) is 11.7 Å². The van der Waals surface area contributed by atoms with Gasteiger partial charge in [0, 0.05) is 17.0 Å². The second kappa shape index (κ2) is 6.12. The summed E-state index contributed by atoms with van der Waals surface area (Å²) in [6.07, 6.45) is 4.08. The summed E-state index contributed by atoms with van der Waals surface area (Å²) in [4.78, 5) is 2.62. The standard InChI is InChI=1S/C11H10N4O/c12-8-9-4-5-11(16)10(7-9)3-1-2-6-14-15-13/h1,3-5,7,16H,2,6H2. The summed E-state index contributed by atoms with van der Waals surface area (Å²) in [6, 6.07) is 6.62. The van der Waals surface area contributed by atoms with Crippen molar-refractivity contribution in [3.8, 4) is 11.8 Å². The number of nitrogens with zero attached hydrogens (tertiary/aromatic N) is 4. The van der Waals surface area contributed by atoms with Gasteiger partial charge in [-0.25, -0.2) is 0 Å². The van der Waals surface area contributed by atoms with Crippen molar-refractivity contribution in [2.45, 2.75) is 6.42 Å². The van der Waals surface area contributed by atoms with E-state index in [2.05, 4.69) is 10.0 Å². The quantitative estimate of drug-likeness (QED) is 0.361. The van der Waals surface area contributed by atoms with Crippen LogP contribution in [0, 0.1) is 11.3 Å². The highest BCUT2D eigenvalue weighted by Gasteiger charge is 1.98. The van der Waals surface area contributed by atoms with E-state index in [1.807, 2.05) is 6.07 Å². The second-order valence-corrected chi connectivity index (χ2v) is 3.03. The first-order chi connectivity index (χ1) is 7.77. The van der Waals surface area contributed by atoms with E-state index in [4.69, 9.17) is 10.8 Å². The van der Waals surface area contributed by atoms with Crippen LogP contribution in [0.1, 0.15) is 17.5 Å². The Bertz CT molecular complexity index is 481. The molecule has 0 aliphatic rings. The largest absolute Gasteiger partial charge is 0.507 e. The van der Waals surface area contributed by atoms with Gasteiger partial charge in [-0.2, -0.15) is 5.26 Å². The molecule has 0 atom stereocenters. The fourth-order valence-electron chi connectivity index (χ4n) is 1.14. The van der Waals surface area contributed by atoms with E-state index in [0.29, 0.717) is 24.1 Å². The van der Waals surface area contributed by atoms with Crippen molar-refractivity contribution in [3.63, 3.8) is 0 Å². The molecule has 80 valence electrons. The number of nitriles is 1. The van der Waals surface area contributed by atoms with Crippen molar-refractivity contribution < 1.29 is 5.11 Å². The van der Waals surface area contributed by atoms with Crippen LogP contribution in [0.25, 0.3) is 16.5 Å². The zero-order valence-corrected chi connectivity index (χ0v) is 8.54. The molecule has 0 amide bonds. The Morgan fingerprint density at radius 3 is 3.06 bits per heavy atom. The fourth-order valence-corrected chi connectivity index (χ4v) is 1.14. The summed E-state index contributed by atoms with van der Waals surface area (Å²) in [5, 5.41) is 21.5. The highest BCUT2D eigenvalue weighted by molar-refractivity contribution is 5.59. The van der Waals surface area contributed by atoms with Gasteiger partial charge in [0.25, 0.3) is 0 Å². The number of phenols is 1. The molecule has 0 unspecified atom stereocenters. The Hall–Kier alpha value is -2.44. The molecule has 16 heavy (non-hydrogen) atoms. The monoisotopic (exact) mass is 214 g/mol. The molecule has 1 N–H and O–H groups in total. The Balaban J connectivity index is 2.72. The Labute approximate surface area is 92.9 Å². The Morgan fingerprint density at radius 2 is 2.38 bits per heavy atom. The van der Waals surface area contributed by atoms with Gasteiger partial charge >= 0.3 is 0 Å². The van der Waals surface area contributed by atoms with E-state index >= 15 is 0 Å². The molecule has 0 bridgehead atoms. The van der Waals surface area contributed by atoms with Crippen molar-refractivity contribution in [3.05, 3.63) is 45.8 Å². The van der Waals surface area contributed by atoms with Crippen molar-refractivity contribution in [1.82, 2.24) is 0 Å². The van der Waals surface area contributed by atoms with E-state index in [-0.39, 0.29) is 5.75 Å². The molecular formula is C11H10N4O. The number of hydrogen-bond acceptors (Lipinski definition) is 3. The lowest BCUT2D eigenvalue weighted by Crippen LogP contribution is -1.79. The lowest BCUT2D eigenvalue weighted by Gasteiger charge is -1.98. The van der Waals surface area contributed by atoms with Crippen LogP contribution >= 0.6 is 0 Å². The highest BCUT2D eigenvalue weighted by atomic mass is 16.3. The van der Waals surface area contributed by atoms with Gasteiger partial charge in [0.05, 0.1) is 11.6 Å². The minimum atomic E-state index is 0.124.